The zero-order valence-corrected chi connectivity index (χ0v) is 12.7. The van der Waals surface area contributed by atoms with Crippen LogP contribution in [0.25, 0.3) is 0 Å². The average Bonchev–Trinajstić information content (AvgIpc) is 2.37. The summed E-state index contributed by atoms with van der Waals surface area (Å²) in [4.78, 5) is 15.5. The van der Waals surface area contributed by atoms with Crippen LogP contribution in [0.3, 0.4) is 0 Å². The summed E-state index contributed by atoms with van der Waals surface area (Å²) in [5.74, 6) is -0.0671. The molecule has 0 unspecified atom stereocenters. The summed E-state index contributed by atoms with van der Waals surface area (Å²) in [7, 11) is 2.03. The van der Waals surface area contributed by atoms with Gasteiger partial charge in [-0.15, -0.1) is 0 Å². The van der Waals surface area contributed by atoms with Gasteiger partial charge in [0.1, 0.15) is 0 Å². The highest BCUT2D eigenvalue weighted by atomic mass is 35.5. The molecule has 0 atom stereocenters. The predicted molar refractivity (Wildman–Crippen MR) is 84.4 cm³/mol. The van der Waals surface area contributed by atoms with Gasteiger partial charge in [0.25, 0.3) is 0 Å². The Labute approximate surface area is 126 Å². The highest BCUT2D eigenvalue weighted by Crippen LogP contribution is 2.48. The largest absolute Gasteiger partial charge is 0.343 e. The monoisotopic (exact) mass is 304 g/mol. The van der Waals surface area contributed by atoms with Crippen molar-refractivity contribution in [2.45, 2.75) is 16.7 Å². The van der Waals surface area contributed by atoms with Gasteiger partial charge in [0, 0.05) is 34.5 Å². The number of rotatable bonds is 1. The predicted octanol–water partition coefficient (Wildman–Crippen LogP) is 4.53. The van der Waals surface area contributed by atoms with Gasteiger partial charge in [-0.2, -0.15) is 0 Å². The summed E-state index contributed by atoms with van der Waals surface area (Å²) in [6, 6.07) is 11.8. The van der Waals surface area contributed by atoms with Crippen LogP contribution in [-0.2, 0) is 4.79 Å². The van der Waals surface area contributed by atoms with Gasteiger partial charge in [-0.05, 0) is 36.4 Å². The van der Waals surface area contributed by atoms with E-state index in [-0.39, 0.29) is 5.91 Å². The van der Waals surface area contributed by atoms with Crippen molar-refractivity contribution in [2.24, 2.45) is 0 Å². The van der Waals surface area contributed by atoms with Crippen molar-refractivity contribution in [2.75, 3.05) is 17.3 Å². The smallest absolute Gasteiger partial charge is 0.221 e. The normalized spacial score (nSPS) is 12.7. The molecule has 0 saturated carbocycles. The van der Waals surface area contributed by atoms with Crippen LogP contribution in [0.5, 0.6) is 0 Å². The van der Waals surface area contributed by atoms with E-state index < -0.39 is 0 Å². The third-order valence-electron chi connectivity index (χ3n) is 3.14. The number of hydrogen-bond donors (Lipinski definition) is 1. The highest BCUT2D eigenvalue weighted by Gasteiger charge is 2.21. The van der Waals surface area contributed by atoms with E-state index in [0.717, 1.165) is 31.9 Å². The van der Waals surface area contributed by atoms with Crippen LogP contribution < -0.4 is 10.2 Å². The number of nitrogens with one attached hydrogen (secondary N) is 1. The number of amides is 1. The maximum absolute atomic E-state index is 11.1. The van der Waals surface area contributed by atoms with Crippen molar-refractivity contribution in [1.29, 1.82) is 0 Å². The van der Waals surface area contributed by atoms with Crippen LogP contribution in [0.4, 0.5) is 17.1 Å². The Morgan fingerprint density at radius 3 is 2.50 bits per heavy atom. The molecule has 5 heteroatoms. The number of nitrogens with zero attached hydrogens (tertiary/aromatic N) is 1. The second-order valence-electron chi connectivity index (χ2n) is 4.64. The maximum Gasteiger partial charge on any atom is 0.221 e. The van der Waals surface area contributed by atoms with Crippen molar-refractivity contribution in [3.05, 3.63) is 41.4 Å². The Balaban J connectivity index is 2.03. The van der Waals surface area contributed by atoms with Crippen molar-refractivity contribution in [3.8, 4) is 0 Å². The number of halogens is 1. The molecule has 2 aromatic carbocycles. The molecule has 1 aliphatic rings. The zero-order chi connectivity index (χ0) is 14.3. The highest BCUT2D eigenvalue weighted by molar-refractivity contribution is 7.99. The minimum Gasteiger partial charge on any atom is -0.343 e. The van der Waals surface area contributed by atoms with E-state index in [1.807, 2.05) is 43.4 Å². The maximum atomic E-state index is 11.1. The SMILES string of the molecule is CC(=O)Nc1ccc2c(c1)Sc1cc(Cl)ccc1N2C. The van der Waals surface area contributed by atoms with Gasteiger partial charge in [0.05, 0.1) is 11.4 Å². The molecule has 2 aromatic rings. The molecule has 0 aromatic heterocycles. The number of fused-ring (bicyclic) bond motifs is 2. The van der Waals surface area contributed by atoms with Crippen LogP contribution in [0.15, 0.2) is 46.2 Å². The first-order valence-corrected chi connectivity index (χ1v) is 7.37. The van der Waals surface area contributed by atoms with Gasteiger partial charge in [-0.3, -0.25) is 4.79 Å². The van der Waals surface area contributed by atoms with Gasteiger partial charge in [-0.1, -0.05) is 23.4 Å². The van der Waals surface area contributed by atoms with E-state index in [1.165, 1.54) is 6.92 Å². The van der Waals surface area contributed by atoms with Gasteiger partial charge in [-0.25, -0.2) is 0 Å². The molecule has 3 rings (SSSR count). The molecule has 0 radical (unpaired) electrons. The third kappa shape index (κ3) is 2.37. The fourth-order valence-electron chi connectivity index (χ4n) is 2.25. The molecule has 1 heterocycles. The summed E-state index contributed by atoms with van der Waals surface area (Å²) in [6.45, 7) is 1.51. The number of carbonyl (C=O) groups is 1. The first kappa shape index (κ1) is 13.3. The second-order valence-corrected chi connectivity index (χ2v) is 6.16. The van der Waals surface area contributed by atoms with E-state index in [9.17, 15) is 4.79 Å². The summed E-state index contributed by atoms with van der Waals surface area (Å²) in [6.07, 6.45) is 0. The molecule has 1 aliphatic heterocycles. The second kappa shape index (κ2) is 5.04. The number of carbonyl (C=O) groups excluding carboxylic acids is 1. The molecule has 1 N–H and O–H groups in total. The molecule has 20 heavy (non-hydrogen) atoms. The topological polar surface area (TPSA) is 32.3 Å². The quantitative estimate of drug-likeness (QED) is 0.840. The van der Waals surface area contributed by atoms with Gasteiger partial charge in [0.15, 0.2) is 0 Å². The minimum atomic E-state index is -0.0671. The summed E-state index contributed by atoms with van der Waals surface area (Å²) in [5.41, 5.74) is 3.07. The lowest BCUT2D eigenvalue weighted by Gasteiger charge is -2.29. The van der Waals surface area contributed by atoms with Gasteiger partial charge >= 0.3 is 0 Å². The van der Waals surface area contributed by atoms with Crippen molar-refractivity contribution in [3.63, 3.8) is 0 Å². The number of benzene rings is 2. The lowest BCUT2D eigenvalue weighted by Crippen LogP contribution is -2.15. The first-order chi connectivity index (χ1) is 9.54. The van der Waals surface area contributed by atoms with E-state index in [2.05, 4.69) is 10.2 Å². The first-order valence-electron chi connectivity index (χ1n) is 6.17. The Morgan fingerprint density at radius 1 is 1.15 bits per heavy atom. The summed E-state index contributed by atoms with van der Waals surface area (Å²) < 4.78 is 0. The van der Waals surface area contributed by atoms with E-state index in [1.54, 1.807) is 11.8 Å². The fraction of sp³-hybridized carbons (Fsp3) is 0.133. The van der Waals surface area contributed by atoms with E-state index in [4.69, 9.17) is 11.6 Å². The van der Waals surface area contributed by atoms with Crippen molar-refractivity contribution in [1.82, 2.24) is 0 Å². The molecule has 3 nitrogen and oxygen atoms in total. The molecular weight excluding hydrogens is 292 g/mol. The number of hydrogen-bond acceptors (Lipinski definition) is 3. The molecule has 102 valence electrons. The summed E-state index contributed by atoms with van der Waals surface area (Å²) >= 11 is 7.73. The fourth-order valence-corrected chi connectivity index (χ4v) is 3.71. The Morgan fingerprint density at radius 2 is 1.80 bits per heavy atom. The van der Waals surface area contributed by atoms with Gasteiger partial charge in [0.2, 0.25) is 5.91 Å². The van der Waals surface area contributed by atoms with Crippen LogP contribution in [-0.4, -0.2) is 13.0 Å². The molecule has 0 bridgehead atoms. The van der Waals surface area contributed by atoms with Crippen molar-refractivity contribution < 1.29 is 4.79 Å². The van der Waals surface area contributed by atoms with Crippen LogP contribution in [0.1, 0.15) is 6.92 Å². The lowest BCUT2D eigenvalue weighted by molar-refractivity contribution is -0.114. The molecule has 0 spiro atoms. The minimum absolute atomic E-state index is 0.0671. The molecular formula is C15H13ClN2OS. The zero-order valence-electron chi connectivity index (χ0n) is 11.1. The van der Waals surface area contributed by atoms with Crippen molar-refractivity contribution >= 4 is 46.3 Å². The van der Waals surface area contributed by atoms with E-state index in [0.29, 0.717) is 0 Å². The summed E-state index contributed by atoms with van der Waals surface area (Å²) in [5, 5.41) is 3.54. The number of anilines is 3. The third-order valence-corrected chi connectivity index (χ3v) is 4.47. The van der Waals surface area contributed by atoms with Crippen LogP contribution in [0.2, 0.25) is 5.02 Å². The standard InChI is InChI=1S/C15H13ClN2OS/c1-9(19)17-11-4-6-13-15(8-11)20-14-7-10(16)3-5-12(14)18(13)2/h3-8H,1-2H3,(H,17,19). The molecule has 0 fully saturated rings. The molecule has 0 aliphatic carbocycles. The average molecular weight is 305 g/mol. The molecule has 1 amide bonds. The van der Waals surface area contributed by atoms with E-state index >= 15 is 0 Å². The Hall–Kier alpha value is -1.65. The Bertz CT molecular complexity index is 702. The van der Waals surface area contributed by atoms with Gasteiger partial charge < -0.3 is 10.2 Å². The van der Waals surface area contributed by atoms with Crippen LogP contribution in [0, 0.1) is 0 Å². The van der Waals surface area contributed by atoms with Crippen LogP contribution >= 0.6 is 23.4 Å². The molecule has 0 saturated heterocycles. The Kier molecular flexibility index (Phi) is 3.36. The lowest BCUT2D eigenvalue weighted by atomic mass is 10.2.